The van der Waals surface area contributed by atoms with Crippen molar-refractivity contribution in [1.29, 1.82) is 0 Å². The Bertz CT molecular complexity index is 1440. The van der Waals surface area contributed by atoms with Crippen molar-refractivity contribution < 1.29 is 38.2 Å². The van der Waals surface area contributed by atoms with Gasteiger partial charge in [0.15, 0.2) is 12.1 Å². The second kappa shape index (κ2) is 47.5. The second-order valence-electron chi connectivity index (χ2n) is 18.0. The molecule has 0 aliphatic heterocycles. The van der Waals surface area contributed by atoms with E-state index in [0.717, 1.165) is 116 Å². The average molecular weight is 919 g/mol. The minimum Gasteiger partial charge on any atom is -0.477 e. The number of hydrogen-bond acceptors (Lipinski definition) is 6. The highest BCUT2D eigenvalue weighted by atomic mass is 16.6. The maximum Gasteiger partial charge on any atom is 0.362 e. The van der Waals surface area contributed by atoms with Crippen molar-refractivity contribution in [1.82, 2.24) is 0 Å². The van der Waals surface area contributed by atoms with Crippen LogP contribution in [0.4, 0.5) is 0 Å². The van der Waals surface area contributed by atoms with Gasteiger partial charge in [-0.3, -0.25) is 9.59 Å². The number of carboxylic acid groups (broad SMARTS) is 1. The highest BCUT2D eigenvalue weighted by Gasteiger charge is 2.31. The van der Waals surface area contributed by atoms with Crippen LogP contribution in [0, 0.1) is 0 Å². The fourth-order valence-corrected chi connectivity index (χ4v) is 6.99. The Morgan fingerprint density at radius 2 is 0.803 bits per heavy atom. The summed E-state index contributed by atoms with van der Waals surface area (Å²) in [5, 5.41) is 9.66. The summed E-state index contributed by atoms with van der Waals surface area (Å²) in [5.74, 6) is -1.52. The molecule has 0 bridgehead atoms. The molecular formula is C58H96NO7+. The monoisotopic (exact) mass is 919 g/mol. The maximum absolute atomic E-state index is 12.8. The molecule has 0 fully saturated rings. The van der Waals surface area contributed by atoms with Gasteiger partial charge >= 0.3 is 17.9 Å². The lowest BCUT2D eigenvalue weighted by molar-refractivity contribution is -0.887. The third kappa shape index (κ3) is 45.2. The van der Waals surface area contributed by atoms with Crippen LogP contribution in [0.3, 0.4) is 0 Å². The molecular weight excluding hydrogens is 823 g/mol. The zero-order valence-electron chi connectivity index (χ0n) is 42.6. The summed E-state index contributed by atoms with van der Waals surface area (Å²) in [6.45, 7) is 4.47. The zero-order chi connectivity index (χ0) is 48.4. The number of allylic oxidation sites excluding steroid dienone is 18. The highest BCUT2D eigenvalue weighted by molar-refractivity contribution is 5.72. The standard InChI is InChI=1S/C58H95NO7/c1-6-8-10-12-14-16-18-20-22-24-26-28-29-31-33-35-37-39-41-43-45-47-49-57(61)66-54(52-64-51-50-55(58(62)63)59(3,4)5)53-65-56(60)48-46-44-42-40-38-36-34-32-30-27-25-23-21-19-17-15-13-11-9-7-2/h8-11,14-17,20-23,26-28,30,34,36,54-55H,6-7,12-13,18-19,24-25,29,31-33,35,37-53H2,1-5H3/p+1/b10-8+,11-9+,16-14+,17-15+,22-20+,23-21+,28-26+,30-27+,36-34+. The Morgan fingerprint density at radius 1 is 0.455 bits per heavy atom. The number of rotatable bonds is 45. The number of likely N-dealkylation sites (N-methyl/N-ethyl adjacent to an activating group) is 1. The number of quaternary nitrogens is 1. The van der Waals surface area contributed by atoms with Gasteiger partial charge in [-0.2, -0.15) is 0 Å². The molecule has 66 heavy (non-hydrogen) atoms. The first-order valence-corrected chi connectivity index (χ1v) is 25.9. The lowest BCUT2D eigenvalue weighted by Gasteiger charge is -2.31. The van der Waals surface area contributed by atoms with Crippen molar-refractivity contribution in [2.75, 3.05) is 41.0 Å². The molecule has 0 saturated heterocycles. The van der Waals surface area contributed by atoms with Crippen LogP contribution in [0.15, 0.2) is 109 Å². The first-order chi connectivity index (χ1) is 32.1. The first-order valence-electron chi connectivity index (χ1n) is 25.9. The third-order valence-electron chi connectivity index (χ3n) is 10.9. The van der Waals surface area contributed by atoms with Gasteiger partial charge < -0.3 is 23.8 Å². The predicted octanol–water partition coefficient (Wildman–Crippen LogP) is 15.2. The Balaban J connectivity index is 4.32. The first kappa shape index (κ1) is 62.0. The molecule has 0 aromatic carbocycles. The summed E-state index contributed by atoms with van der Waals surface area (Å²) in [7, 11) is 5.52. The van der Waals surface area contributed by atoms with E-state index in [1.807, 2.05) is 21.1 Å². The number of carbonyl (C=O) groups excluding carboxylic acids is 2. The lowest BCUT2D eigenvalue weighted by atomic mass is 10.1. The van der Waals surface area contributed by atoms with E-state index in [0.29, 0.717) is 19.3 Å². The molecule has 2 atom stereocenters. The van der Waals surface area contributed by atoms with Gasteiger partial charge in [0.25, 0.3) is 0 Å². The number of carbonyl (C=O) groups is 3. The molecule has 8 heteroatoms. The van der Waals surface area contributed by atoms with Crippen LogP contribution in [0.1, 0.15) is 187 Å². The van der Waals surface area contributed by atoms with Crippen molar-refractivity contribution in [2.45, 2.75) is 199 Å². The van der Waals surface area contributed by atoms with Crippen molar-refractivity contribution in [3.05, 3.63) is 109 Å². The Labute approximate surface area is 404 Å². The number of unbranched alkanes of at least 4 members (excludes halogenated alkanes) is 13. The molecule has 0 aliphatic carbocycles. The minimum atomic E-state index is -0.884. The van der Waals surface area contributed by atoms with Gasteiger partial charge in [0.1, 0.15) is 6.61 Å². The molecule has 0 heterocycles. The largest absolute Gasteiger partial charge is 0.477 e. The zero-order valence-corrected chi connectivity index (χ0v) is 42.6. The van der Waals surface area contributed by atoms with Crippen molar-refractivity contribution in [2.24, 2.45) is 0 Å². The second-order valence-corrected chi connectivity index (χ2v) is 18.0. The number of hydrogen-bond donors (Lipinski definition) is 1. The van der Waals surface area contributed by atoms with E-state index in [1.165, 1.54) is 38.5 Å². The molecule has 1 N–H and O–H groups in total. The SMILES string of the molecule is CC/C=C/C/C=C/C/C=C/C/C=C/C/C=C/CCCCCCC(=O)OCC(COCCC(C(=O)O)[N+](C)(C)C)OC(=O)CCCCCCCCCCC/C=C/C/C=C/C/C=C/C/C=C/CC. The van der Waals surface area contributed by atoms with Gasteiger partial charge in [0.05, 0.1) is 34.4 Å². The molecule has 0 rings (SSSR count). The number of esters is 2. The maximum atomic E-state index is 12.8. The van der Waals surface area contributed by atoms with Gasteiger partial charge in [-0.05, 0) is 96.3 Å². The van der Waals surface area contributed by atoms with E-state index in [9.17, 15) is 19.5 Å². The summed E-state index contributed by atoms with van der Waals surface area (Å²) in [4.78, 5) is 37.2. The van der Waals surface area contributed by atoms with Crippen LogP contribution >= 0.6 is 0 Å². The van der Waals surface area contributed by atoms with Crippen LogP contribution in [0.5, 0.6) is 0 Å². The topological polar surface area (TPSA) is 99.1 Å². The summed E-state index contributed by atoms with van der Waals surface area (Å²) in [6, 6.07) is -0.627. The van der Waals surface area contributed by atoms with Crippen LogP contribution in [-0.2, 0) is 28.6 Å². The molecule has 2 unspecified atom stereocenters. The molecule has 374 valence electrons. The summed E-state index contributed by atoms with van der Waals surface area (Å²) >= 11 is 0. The van der Waals surface area contributed by atoms with Crippen LogP contribution in [0.25, 0.3) is 0 Å². The van der Waals surface area contributed by atoms with Gasteiger partial charge in [-0.15, -0.1) is 0 Å². The number of nitrogens with zero attached hydrogens (tertiary/aromatic N) is 1. The van der Waals surface area contributed by atoms with Crippen LogP contribution < -0.4 is 0 Å². The molecule has 0 aromatic heterocycles. The Hall–Kier alpha value is -4.01. The molecule has 0 amide bonds. The van der Waals surface area contributed by atoms with Gasteiger partial charge in [0.2, 0.25) is 0 Å². The fraction of sp³-hybridized carbons (Fsp3) is 0.638. The number of aliphatic carboxylic acids is 1. The molecule has 0 radical (unpaired) electrons. The van der Waals surface area contributed by atoms with E-state index in [1.54, 1.807) is 0 Å². The summed E-state index contributed by atoms with van der Waals surface area (Å²) < 4.78 is 17.3. The van der Waals surface area contributed by atoms with E-state index in [2.05, 4.69) is 123 Å². The highest BCUT2D eigenvalue weighted by Crippen LogP contribution is 2.14. The minimum absolute atomic E-state index is 0.0434. The summed E-state index contributed by atoms with van der Waals surface area (Å²) in [6.07, 6.45) is 65.6. The summed E-state index contributed by atoms with van der Waals surface area (Å²) in [5.41, 5.74) is 0. The number of carboxylic acids is 1. The Morgan fingerprint density at radius 3 is 1.18 bits per heavy atom. The van der Waals surface area contributed by atoms with Crippen molar-refractivity contribution >= 4 is 17.9 Å². The third-order valence-corrected chi connectivity index (χ3v) is 10.9. The Kier molecular flexibility index (Phi) is 44.6. The van der Waals surface area contributed by atoms with E-state index in [4.69, 9.17) is 14.2 Å². The number of ether oxygens (including phenoxy) is 3. The van der Waals surface area contributed by atoms with Crippen molar-refractivity contribution in [3.63, 3.8) is 0 Å². The molecule has 0 spiro atoms. The van der Waals surface area contributed by atoms with Gasteiger partial charge in [0, 0.05) is 19.3 Å². The quantitative estimate of drug-likeness (QED) is 0.0281. The van der Waals surface area contributed by atoms with Gasteiger partial charge in [-0.1, -0.05) is 181 Å². The van der Waals surface area contributed by atoms with E-state index in [-0.39, 0.29) is 36.2 Å². The molecule has 0 aromatic rings. The van der Waals surface area contributed by atoms with Crippen molar-refractivity contribution in [3.8, 4) is 0 Å². The molecule has 8 nitrogen and oxygen atoms in total. The van der Waals surface area contributed by atoms with Crippen LogP contribution in [-0.4, -0.2) is 80.6 Å². The lowest BCUT2D eigenvalue weighted by Crippen LogP contribution is -2.50. The normalized spacial score (nSPS) is 13.8. The van der Waals surface area contributed by atoms with Crippen LogP contribution in [0.2, 0.25) is 0 Å². The average Bonchev–Trinajstić information content (AvgIpc) is 3.28. The van der Waals surface area contributed by atoms with E-state index >= 15 is 0 Å². The molecule has 0 aliphatic rings. The van der Waals surface area contributed by atoms with E-state index < -0.39 is 18.1 Å². The van der Waals surface area contributed by atoms with Gasteiger partial charge in [-0.25, -0.2) is 4.79 Å². The smallest absolute Gasteiger partial charge is 0.362 e. The predicted molar refractivity (Wildman–Crippen MR) is 279 cm³/mol. The fourth-order valence-electron chi connectivity index (χ4n) is 6.99. The molecule has 0 saturated carbocycles.